The number of aliphatic hydroxyl groups excluding tert-OH is 2. The predicted molar refractivity (Wildman–Crippen MR) is 157 cm³/mol. The monoisotopic (exact) mass is 545 g/mol. The average Bonchev–Trinajstić information content (AvgIpc) is 3.25. The van der Waals surface area contributed by atoms with E-state index in [0.29, 0.717) is 61.0 Å². The summed E-state index contributed by atoms with van der Waals surface area (Å²) < 4.78 is 5.61. The highest BCUT2D eigenvalue weighted by Gasteiger charge is 2.62. The maximum Gasteiger partial charge on any atom is 0.313 e. The summed E-state index contributed by atoms with van der Waals surface area (Å²) in [5.74, 6) is 2.75. The number of ether oxygens (including phenoxy) is 1. The Kier molecular flexibility index (Phi) is 10.2. The second-order valence-corrected chi connectivity index (χ2v) is 13.7. The van der Waals surface area contributed by atoms with E-state index >= 15 is 0 Å². The third kappa shape index (κ3) is 6.39. The topological polar surface area (TPSA) is 104 Å². The van der Waals surface area contributed by atoms with Crippen LogP contribution in [0.2, 0.25) is 0 Å². The van der Waals surface area contributed by atoms with E-state index < -0.39 is 0 Å². The smallest absolute Gasteiger partial charge is 0.313 e. The maximum atomic E-state index is 12.8. The zero-order valence-electron chi connectivity index (χ0n) is 25.2. The van der Waals surface area contributed by atoms with Crippen LogP contribution in [0.4, 0.5) is 0 Å². The highest BCUT2D eigenvalue weighted by Crippen LogP contribution is 2.68. The number of carbonyl (C=O) groups excluding carboxylic acids is 1. The minimum absolute atomic E-state index is 0.190. The number of rotatable bonds is 9. The number of amidine groups is 1. The molecule has 0 heterocycles. The molecule has 10 atom stereocenters. The minimum Gasteiger partial charge on any atom is -0.393 e. The number of hydrogen-bond donors (Lipinski definition) is 3. The fourth-order valence-electron chi connectivity index (χ4n) is 9.63. The van der Waals surface area contributed by atoms with Crippen LogP contribution in [0, 0.1) is 46.3 Å². The molecule has 4 aliphatic carbocycles. The molecule has 7 nitrogen and oxygen atoms in total. The Balaban J connectivity index is 1.34. The number of fused-ring (bicyclic) bond motifs is 5. The first-order chi connectivity index (χ1) is 18.6. The van der Waals surface area contributed by atoms with Gasteiger partial charge in [0.25, 0.3) is 6.02 Å². The Morgan fingerprint density at radius 1 is 1.08 bits per heavy atom. The minimum atomic E-state index is -0.246. The van der Waals surface area contributed by atoms with Crippen LogP contribution in [-0.4, -0.2) is 60.3 Å². The molecule has 3 N–H and O–H groups in total. The first kappa shape index (κ1) is 30.5. The number of nitrogens with one attached hydrogen (secondary N) is 1. The van der Waals surface area contributed by atoms with Crippen molar-refractivity contribution in [3.05, 3.63) is 0 Å². The molecule has 39 heavy (non-hydrogen) atoms. The molecule has 10 unspecified atom stereocenters. The van der Waals surface area contributed by atoms with Crippen LogP contribution in [-0.2, 0) is 9.53 Å². The predicted octanol–water partition coefficient (Wildman–Crippen LogP) is 5.38. The number of esters is 1. The number of nitrogens with zero attached hydrogens (tertiary/aromatic N) is 2. The second kappa shape index (κ2) is 13.0. The van der Waals surface area contributed by atoms with Crippen molar-refractivity contribution in [2.75, 3.05) is 19.6 Å². The van der Waals surface area contributed by atoms with Gasteiger partial charge >= 0.3 is 5.97 Å². The van der Waals surface area contributed by atoms with Gasteiger partial charge in [0.05, 0.1) is 12.2 Å². The zero-order valence-corrected chi connectivity index (χ0v) is 25.2. The van der Waals surface area contributed by atoms with Gasteiger partial charge in [-0.25, -0.2) is 4.99 Å². The summed E-state index contributed by atoms with van der Waals surface area (Å²) in [6, 6.07) is 0.329. The van der Waals surface area contributed by atoms with Gasteiger partial charge in [0.1, 0.15) is 0 Å². The van der Waals surface area contributed by atoms with Crippen molar-refractivity contribution in [1.82, 2.24) is 5.32 Å². The van der Waals surface area contributed by atoms with Crippen molar-refractivity contribution in [2.24, 2.45) is 56.3 Å². The third-order valence-corrected chi connectivity index (χ3v) is 11.6. The molecule has 4 saturated carbocycles. The molecule has 0 aromatic carbocycles. The lowest BCUT2D eigenvalue weighted by atomic mass is 9.43. The standard InChI is InChI=1S/C32H55N3O4/c1-6-33-17-8-18-35-30(34-7-2)39-28(38)12-9-21(3)24-10-11-25-29-26(14-16-32(24,25)5)31(4)15-13-23(36)19-22(31)20-27(29)37/h6,21-27,29,36-37H,7-20H2,1-5H3,(H,34,35). The van der Waals surface area contributed by atoms with Crippen LogP contribution < -0.4 is 5.32 Å². The number of carbonyl (C=O) groups is 1. The summed E-state index contributed by atoms with van der Waals surface area (Å²) >= 11 is 0. The van der Waals surface area contributed by atoms with E-state index in [9.17, 15) is 15.0 Å². The molecule has 0 aliphatic heterocycles. The molecule has 0 saturated heterocycles. The summed E-state index contributed by atoms with van der Waals surface area (Å²) in [6.07, 6.45) is 11.9. The molecule has 7 heteroatoms. The van der Waals surface area contributed by atoms with E-state index in [-0.39, 0.29) is 29.0 Å². The van der Waals surface area contributed by atoms with Crippen LogP contribution in [0.1, 0.15) is 105 Å². The number of aliphatic hydroxyl groups is 2. The van der Waals surface area contributed by atoms with Crippen molar-refractivity contribution < 1.29 is 19.7 Å². The molecule has 0 aromatic heterocycles. The van der Waals surface area contributed by atoms with Crippen LogP contribution >= 0.6 is 0 Å². The second-order valence-electron chi connectivity index (χ2n) is 13.7. The van der Waals surface area contributed by atoms with Crippen molar-refractivity contribution in [2.45, 2.75) is 117 Å². The number of aliphatic imine (C=N–C) groups is 2. The van der Waals surface area contributed by atoms with Crippen LogP contribution in [0.5, 0.6) is 0 Å². The van der Waals surface area contributed by atoms with E-state index in [2.05, 4.69) is 36.1 Å². The molecule has 4 rings (SSSR count). The molecule has 4 fully saturated rings. The Morgan fingerprint density at radius 3 is 2.56 bits per heavy atom. The van der Waals surface area contributed by atoms with Gasteiger partial charge in [-0.05, 0) is 131 Å². The fourth-order valence-corrected chi connectivity index (χ4v) is 9.63. The van der Waals surface area contributed by atoms with Gasteiger partial charge in [-0.1, -0.05) is 20.8 Å². The summed E-state index contributed by atoms with van der Waals surface area (Å²) in [5.41, 5.74) is 0.479. The Bertz CT molecular complexity index is 893. The molecular weight excluding hydrogens is 490 g/mol. The Hall–Kier alpha value is -1.47. The normalized spacial score (nSPS) is 41.0. The van der Waals surface area contributed by atoms with Gasteiger partial charge in [0.2, 0.25) is 0 Å². The highest BCUT2D eigenvalue weighted by molar-refractivity contribution is 5.87. The van der Waals surface area contributed by atoms with E-state index in [0.717, 1.165) is 45.1 Å². The first-order valence-corrected chi connectivity index (χ1v) is 15.9. The average molecular weight is 546 g/mol. The van der Waals surface area contributed by atoms with Gasteiger partial charge in [-0.15, -0.1) is 0 Å². The Labute approximate surface area is 236 Å². The molecular formula is C32H55N3O4. The van der Waals surface area contributed by atoms with Crippen molar-refractivity contribution in [3.63, 3.8) is 0 Å². The van der Waals surface area contributed by atoms with Gasteiger partial charge in [-0.3, -0.25) is 9.79 Å². The van der Waals surface area contributed by atoms with Gasteiger partial charge in [0, 0.05) is 26.1 Å². The lowest BCUT2D eigenvalue weighted by Crippen LogP contribution is -2.58. The van der Waals surface area contributed by atoms with E-state index in [1.54, 1.807) is 6.21 Å². The van der Waals surface area contributed by atoms with Gasteiger partial charge in [0.15, 0.2) is 0 Å². The van der Waals surface area contributed by atoms with Crippen molar-refractivity contribution in [1.29, 1.82) is 0 Å². The summed E-state index contributed by atoms with van der Waals surface area (Å²) in [7, 11) is 0. The van der Waals surface area contributed by atoms with Gasteiger partial charge in [-0.2, -0.15) is 0 Å². The van der Waals surface area contributed by atoms with E-state index in [4.69, 9.17) is 4.74 Å². The highest BCUT2D eigenvalue weighted by atomic mass is 16.6. The molecule has 0 radical (unpaired) electrons. The van der Waals surface area contributed by atoms with Crippen molar-refractivity contribution >= 4 is 18.2 Å². The Morgan fingerprint density at radius 2 is 1.82 bits per heavy atom. The van der Waals surface area contributed by atoms with Crippen LogP contribution in [0.25, 0.3) is 0 Å². The summed E-state index contributed by atoms with van der Waals surface area (Å²) in [5, 5.41) is 24.9. The zero-order chi connectivity index (χ0) is 28.2. The van der Waals surface area contributed by atoms with Gasteiger partial charge < -0.3 is 20.3 Å². The van der Waals surface area contributed by atoms with E-state index in [1.165, 1.54) is 25.7 Å². The van der Waals surface area contributed by atoms with Crippen molar-refractivity contribution in [3.8, 4) is 0 Å². The van der Waals surface area contributed by atoms with Crippen LogP contribution in [0.15, 0.2) is 9.98 Å². The molecule has 4 aliphatic rings. The first-order valence-electron chi connectivity index (χ1n) is 15.9. The fraction of sp³-hybridized carbons (Fsp3) is 0.906. The third-order valence-electron chi connectivity index (χ3n) is 11.6. The van der Waals surface area contributed by atoms with Crippen LogP contribution in [0.3, 0.4) is 0 Å². The quantitative estimate of drug-likeness (QED) is 0.156. The molecule has 0 amide bonds. The summed E-state index contributed by atoms with van der Waals surface area (Å²) in [6.45, 7) is 13.1. The molecule has 0 spiro atoms. The number of hydrogen-bond acceptors (Lipinski definition) is 6. The molecule has 0 bridgehead atoms. The molecule has 0 aromatic rings. The van der Waals surface area contributed by atoms with E-state index in [1.807, 2.05) is 13.8 Å². The summed E-state index contributed by atoms with van der Waals surface area (Å²) in [4.78, 5) is 21.4. The molecule has 222 valence electrons. The lowest BCUT2D eigenvalue weighted by molar-refractivity contribution is -0.174. The maximum absolute atomic E-state index is 12.8. The SMILES string of the molecule is CC=NCCCN=C(NCC)OC(=O)CCC(C)C1CCC2C3C(O)CC4CC(O)CCC4(C)C3CCC12C. The lowest BCUT2D eigenvalue weighted by Gasteiger charge is -2.62. The largest absolute Gasteiger partial charge is 0.393 e.